The number of hydrogen-bond acceptors (Lipinski definition) is 1. The van der Waals surface area contributed by atoms with Crippen LogP contribution in [0.1, 0.15) is 35.8 Å². The van der Waals surface area contributed by atoms with Crippen LogP contribution in [0.15, 0.2) is 23.8 Å². The summed E-state index contributed by atoms with van der Waals surface area (Å²) in [6, 6.07) is 5.18. The summed E-state index contributed by atoms with van der Waals surface area (Å²) in [4.78, 5) is 11.7. The summed E-state index contributed by atoms with van der Waals surface area (Å²) in [6.07, 6.45) is -3.88. The first-order valence-corrected chi connectivity index (χ1v) is 5.83. The van der Waals surface area contributed by atoms with Crippen LogP contribution in [0.3, 0.4) is 0 Å². The van der Waals surface area contributed by atoms with Gasteiger partial charge >= 0.3 is 0 Å². The molecule has 17 heavy (non-hydrogen) atoms. The molecule has 0 bridgehead atoms. The molecule has 2 aliphatic rings. The van der Waals surface area contributed by atoms with Gasteiger partial charge in [-0.3, -0.25) is 4.79 Å². The molecule has 88 valence electrons. The number of amides is 1. The summed E-state index contributed by atoms with van der Waals surface area (Å²) in [5.41, 5.74) is 7.77. The molecule has 0 aliphatic heterocycles. The highest BCUT2D eigenvalue weighted by Crippen LogP contribution is 2.44. The molecular formula is C14H14ClNO. The number of benzene rings is 1. The first-order chi connectivity index (χ1) is 9.63. The van der Waals surface area contributed by atoms with Crippen LogP contribution < -0.4 is 5.73 Å². The summed E-state index contributed by atoms with van der Waals surface area (Å²) in [5.74, 6) is -1.84. The minimum atomic E-state index is -1.99. The van der Waals surface area contributed by atoms with Gasteiger partial charge in [0.2, 0.25) is 5.91 Å². The van der Waals surface area contributed by atoms with Crippen LogP contribution in [0.4, 0.5) is 0 Å². The average Bonchev–Trinajstić information content (AvgIpc) is 2.64. The van der Waals surface area contributed by atoms with Gasteiger partial charge in [-0.2, -0.15) is 0 Å². The summed E-state index contributed by atoms with van der Waals surface area (Å²) in [7, 11) is 0. The van der Waals surface area contributed by atoms with Gasteiger partial charge in [0.05, 0.1) is 5.92 Å². The Hall–Kier alpha value is -1.28. The Kier molecular flexibility index (Phi) is 1.65. The first-order valence-electron chi connectivity index (χ1n) is 7.45. The van der Waals surface area contributed by atoms with E-state index in [4.69, 9.17) is 22.8 Å². The standard InChI is InChI=1S/C14H14ClNO/c15-9-5-4-8-6-13-10(12(8)7-9)2-1-3-11(13)14(16)17/h4-5,7,11H,1-3,6H2,(H2,16,17)/i2D2,3D2. The summed E-state index contributed by atoms with van der Waals surface area (Å²) in [5, 5.41) is 0.488. The molecule has 0 spiro atoms. The van der Waals surface area contributed by atoms with Gasteiger partial charge in [0.1, 0.15) is 0 Å². The molecule has 1 amide bonds. The van der Waals surface area contributed by atoms with Crippen molar-refractivity contribution in [3.63, 3.8) is 0 Å². The monoisotopic (exact) mass is 251 g/mol. The molecule has 2 N–H and O–H groups in total. The molecule has 0 fully saturated rings. The van der Waals surface area contributed by atoms with Gasteiger partial charge in [0.25, 0.3) is 0 Å². The number of carbonyl (C=O) groups excluding carboxylic acids is 1. The number of nitrogens with two attached hydrogens (primary N) is 1. The van der Waals surface area contributed by atoms with E-state index in [1.54, 1.807) is 18.2 Å². The van der Waals surface area contributed by atoms with E-state index < -0.39 is 31.0 Å². The number of rotatable bonds is 1. The topological polar surface area (TPSA) is 43.1 Å². The summed E-state index contributed by atoms with van der Waals surface area (Å²) < 4.78 is 32.5. The molecule has 0 heterocycles. The highest BCUT2D eigenvalue weighted by Gasteiger charge is 2.32. The van der Waals surface area contributed by atoms with Gasteiger partial charge < -0.3 is 5.73 Å². The zero-order valence-corrected chi connectivity index (χ0v) is 9.84. The van der Waals surface area contributed by atoms with Gasteiger partial charge in [-0.1, -0.05) is 17.7 Å². The molecule has 2 nitrogen and oxygen atoms in total. The number of primary amides is 1. The van der Waals surface area contributed by atoms with E-state index in [0.717, 1.165) is 5.56 Å². The first kappa shape index (κ1) is 7.22. The molecule has 2 aliphatic carbocycles. The van der Waals surface area contributed by atoms with Crippen LogP contribution in [0.5, 0.6) is 0 Å². The van der Waals surface area contributed by atoms with E-state index in [-0.39, 0.29) is 0 Å². The zero-order valence-electron chi connectivity index (χ0n) is 13.1. The lowest BCUT2D eigenvalue weighted by Crippen LogP contribution is -2.27. The number of allylic oxidation sites excluding steroid dienone is 1. The predicted octanol–water partition coefficient (Wildman–Crippen LogP) is 2.94. The third-order valence-corrected chi connectivity index (χ3v) is 3.48. The fourth-order valence-electron chi connectivity index (χ4n) is 2.49. The number of fused-ring (bicyclic) bond motifs is 2. The lowest BCUT2D eigenvalue weighted by molar-refractivity contribution is -0.121. The molecule has 3 heteroatoms. The highest BCUT2D eigenvalue weighted by atomic mass is 35.5. The van der Waals surface area contributed by atoms with Gasteiger partial charge in [-0.05, 0) is 60.0 Å². The maximum Gasteiger partial charge on any atom is 0.224 e. The molecule has 0 saturated carbocycles. The number of carbonyl (C=O) groups is 1. The van der Waals surface area contributed by atoms with Crippen molar-refractivity contribution in [2.45, 2.75) is 25.6 Å². The van der Waals surface area contributed by atoms with E-state index >= 15 is 0 Å². The van der Waals surface area contributed by atoms with Crippen molar-refractivity contribution in [1.82, 2.24) is 0 Å². The van der Waals surface area contributed by atoms with Crippen molar-refractivity contribution in [2.24, 2.45) is 11.7 Å². The Bertz CT molecular complexity index is 684. The fourth-order valence-corrected chi connectivity index (χ4v) is 2.67. The van der Waals surface area contributed by atoms with Crippen molar-refractivity contribution >= 4 is 23.1 Å². The van der Waals surface area contributed by atoms with Crippen LogP contribution in [0, 0.1) is 5.92 Å². The minimum Gasteiger partial charge on any atom is -0.369 e. The van der Waals surface area contributed by atoms with Gasteiger partial charge in [0, 0.05) is 10.5 Å². The molecular weight excluding hydrogens is 234 g/mol. The second-order valence-electron chi connectivity index (χ2n) is 4.27. The maximum atomic E-state index is 11.7. The van der Waals surface area contributed by atoms with Gasteiger partial charge in [0.15, 0.2) is 0 Å². The maximum absolute atomic E-state index is 11.7. The molecule has 0 radical (unpaired) electrons. The predicted molar refractivity (Wildman–Crippen MR) is 68.6 cm³/mol. The molecule has 1 aromatic carbocycles. The fraction of sp³-hybridized carbons (Fsp3) is 0.357. The van der Waals surface area contributed by atoms with Crippen molar-refractivity contribution < 1.29 is 10.3 Å². The Morgan fingerprint density at radius 1 is 1.53 bits per heavy atom. The zero-order chi connectivity index (χ0) is 15.6. The summed E-state index contributed by atoms with van der Waals surface area (Å²) in [6.45, 7) is 0. The Balaban J connectivity index is 2.25. The molecule has 1 aromatic rings. The SMILES string of the molecule is [2H]C1([2H])CC([2H])([2H])C(C(N)=O)C2=C1c1cc(Cl)ccc1C2. The minimum absolute atomic E-state index is 0.342. The van der Waals surface area contributed by atoms with Crippen LogP contribution in [0.2, 0.25) is 5.02 Å². The van der Waals surface area contributed by atoms with Crippen molar-refractivity contribution in [3.05, 3.63) is 39.9 Å². The lowest BCUT2D eigenvalue weighted by Gasteiger charge is -2.22. The van der Waals surface area contributed by atoms with Crippen molar-refractivity contribution in [2.75, 3.05) is 0 Å². The smallest absolute Gasteiger partial charge is 0.224 e. The van der Waals surface area contributed by atoms with Crippen LogP contribution in [-0.4, -0.2) is 5.91 Å². The van der Waals surface area contributed by atoms with Crippen LogP contribution >= 0.6 is 11.6 Å². The normalized spacial score (nSPS) is 31.7. The van der Waals surface area contributed by atoms with E-state index in [1.165, 1.54) is 0 Å². The Morgan fingerprint density at radius 3 is 3.12 bits per heavy atom. The van der Waals surface area contributed by atoms with E-state index in [9.17, 15) is 4.79 Å². The lowest BCUT2D eigenvalue weighted by atomic mass is 9.82. The largest absolute Gasteiger partial charge is 0.369 e. The second kappa shape index (κ2) is 3.88. The summed E-state index contributed by atoms with van der Waals surface area (Å²) >= 11 is 5.99. The van der Waals surface area contributed by atoms with Crippen molar-refractivity contribution in [3.8, 4) is 0 Å². The molecule has 1 unspecified atom stereocenters. The number of halogens is 1. The third-order valence-electron chi connectivity index (χ3n) is 3.25. The van der Waals surface area contributed by atoms with Crippen LogP contribution in [0.25, 0.3) is 5.57 Å². The molecule has 1 atom stereocenters. The molecule has 0 aromatic heterocycles. The van der Waals surface area contributed by atoms with Gasteiger partial charge in [-0.25, -0.2) is 0 Å². The molecule has 3 rings (SSSR count). The Labute approximate surface area is 111 Å². The molecule has 0 saturated heterocycles. The second-order valence-corrected chi connectivity index (χ2v) is 4.71. The van der Waals surface area contributed by atoms with Crippen LogP contribution in [-0.2, 0) is 11.2 Å². The Morgan fingerprint density at radius 2 is 2.35 bits per heavy atom. The van der Waals surface area contributed by atoms with E-state index in [2.05, 4.69) is 0 Å². The number of hydrogen-bond donors (Lipinski definition) is 1. The van der Waals surface area contributed by atoms with Gasteiger partial charge in [-0.15, -0.1) is 0 Å². The average molecular weight is 252 g/mol. The quantitative estimate of drug-likeness (QED) is 0.819. The highest BCUT2D eigenvalue weighted by molar-refractivity contribution is 6.30. The van der Waals surface area contributed by atoms with E-state index in [0.29, 0.717) is 28.2 Å². The third kappa shape index (κ3) is 1.67. The van der Waals surface area contributed by atoms with Crippen molar-refractivity contribution in [1.29, 1.82) is 0 Å². The van der Waals surface area contributed by atoms with E-state index in [1.807, 2.05) is 0 Å².